The van der Waals surface area contributed by atoms with Gasteiger partial charge in [0.05, 0.1) is 0 Å². The van der Waals surface area contributed by atoms with Gasteiger partial charge in [-0.2, -0.15) is 18.3 Å². The molecule has 2 rings (SSSR count). The molecule has 114 valence electrons. The van der Waals surface area contributed by atoms with E-state index >= 15 is 0 Å². The molecule has 0 aliphatic heterocycles. The SMILES string of the molecule is CC(C)C(Nc1nccn2nc(C(F)(F)F)cc12)C(=O)O. The summed E-state index contributed by atoms with van der Waals surface area (Å²) in [5.74, 6) is -1.33. The molecular formula is C12H13F3N4O2. The number of carboxylic acids is 1. The van der Waals surface area contributed by atoms with E-state index < -0.39 is 23.9 Å². The van der Waals surface area contributed by atoms with Crippen LogP contribution in [0.3, 0.4) is 0 Å². The summed E-state index contributed by atoms with van der Waals surface area (Å²) in [6.45, 7) is 3.37. The highest BCUT2D eigenvalue weighted by Crippen LogP contribution is 2.30. The van der Waals surface area contributed by atoms with Crippen LogP contribution in [0, 0.1) is 5.92 Å². The van der Waals surface area contributed by atoms with E-state index in [-0.39, 0.29) is 17.3 Å². The van der Waals surface area contributed by atoms with Gasteiger partial charge in [-0.15, -0.1) is 0 Å². The van der Waals surface area contributed by atoms with E-state index in [9.17, 15) is 18.0 Å². The average molecular weight is 302 g/mol. The van der Waals surface area contributed by atoms with Gasteiger partial charge in [-0.1, -0.05) is 13.8 Å². The molecule has 2 aromatic heterocycles. The fourth-order valence-corrected chi connectivity index (χ4v) is 1.83. The highest BCUT2D eigenvalue weighted by molar-refractivity contribution is 5.80. The number of nitrogens with one attached hydrogen (secondary N) is 1. The van der Waals surface area contributed by atoms with Crippen LogP contribution in [0.2, 0.25) is 0 Å². The zero-order chi connectivity index (χ0) is 15.8. The fourth-order valence-electron chi connectivity index (χ4n) is 1.83. The van der Waals surface area contributed by atoms with Crippen LogP contribution in [0.1, 0.15) is 19.5 Å². The summed E-state index contributed by atoms with van der Waals surface area (Å²) in [5.41, 5.74) is -0.994. The van der Waals surface area contributed by atoms with Crippen molar-refractivity contribution in [3.8, 4) is 0 Å². The number of aromatic nitrogens is 3. The summed E-state index contributed by atoms with van der Waals surface area (Å²) in [4.78, 5) is 15.1. The zero-order valence-electron chi connectivity index (χ0n) is 11.2. The number of hydrogen-bond donors (Lipinski definition) is 2. The first-order valence-electron chi connectivity index (χ1n) is 6.11. The van der Waals surface area contributed by atoms with Crippen molar-refractivity contribution in [1.29, 1.82) is 0 Å². The summed E-state index contributed by atoms with van der Waals surface area (Å²) in [5, 5.41) is 15.2. The molecule has 0 aliphatic carbocycles. The van der Waals surface area contributed by atoms with Crippen molar-refractivity contribution in [3.63, 3.8) is 0 Å². The first kappa shape index (κ1) is 15.1. The molecule has 1 atom stereocenters. The molecule has 9 heteroatoms. The molecule has 0 amide bonds. The second-order valence-corrected chi connectivity index (χ2v) is 4.84. The van der Waals surface area contributed by atoms with E-state index in [0.717, 1.165) is 10.6 Å². The van der Waals surface area contributed by atoms with Crippen molar-refractivity contribution >= 4 is 17.3 Å². The van der Waals surface area contributed by atoms with Crippen molar-refractivity contribution in [2.45, 2.75) is 26.1 Å². The average Bonchev–Trinajstić information content (AvgIpc) is 2.79. The fraction of sp³-hybridized carbons (Fsp3) is 0.417. The number of carbonyl (C=O) groups is 1. The summed E-state index contributed by atoms with van der Waals surface area (Å²) >= 11 is 0. The summed E-state index contributed by atoms with van der Waals surface area (Å²) in [6, 6.07) is -0.137. The normalized spacial score (nSPS) is 13.6. The van der Waals surface area contributed by atoms with E-state index in [1.807, 2.05) is 0 Å². The molecular weight excluding hydrogens is 289 g/mol. The number of halogens is 3. The van der Waals surface area contributed by atoms with E-state index in [0.29, 0.717) is 0 Å². The van der Waals surface area contributed by atoms with Gasteiger partial charge in [-0.05, 0) is 5.92 Å². The first-order valence-corrected chi connectivity index (χ1v) is 6.11. The van der Waals surface area contributed by atoms with Gasteiger partial charge in [-0.3, -0.25) is 0 Å². The number of nitrogens with zero attached hydrogens (tertiary/aromatic N) is 3. The third-order valence-electron chi connectivity index (χ3n) is 2.91. The van der Waals surface area contributed by atoms with E-state index in [2.05, 4.69) is 15.4 Å². The Morgan fingerprint density at radius 1 is 1.43 bits per heavy atom. The van der Waals surface area contributed by atoms with E-state index in [4.69, 9.17) is 5.11 Å². The quantitative estimate of drug-likeness (QED) is 0.905. The number of alkyl halides is 3. The van der Waals surface area contributed by atoms with Crippen molar-refractivity contribution in [1.82, 2.24) is 14.6 Å². The number of rotatable bonds is 4. The molecule has 0 radical (unpaired) electrons. The lowest BCUT2D eigenvalue weighted by Crippen LogP contribution is -2.34. The van der Waals surface area contributed by atoms with Crippen LogP contribution >= 0.6 is 0 Å². The molecule has 0 spiro atoms. The Morgan fingerprint density at radius 3 is 2.62 bits per heavy atom. The van der Waals surface area contributed by atoms with Crippen LogP contribution < -0.4 is 5.32 Å². The molecule has 0 aliphatic rings. The smallest absolute Gasteiger partial charge is 0.435 e. The van der Waals surface area contributed by atoms with Gasteiger partial charge < -0.3 is 10.4 Å². The maximum absolute atomic E-state index is 12.7. The number of anilines is 1. The summed E-state index contributed by atoms with van der Waals surface area (Å²) in [6.07, 6.45) is -2.06. The molecule has 0 aromatic carbocycles. The van der Waals surface area contributed by atoms with Crippen LogP contribution in [0.25, 0.3) is 5.52 Å². The van der Waals surface area contributed by atoms with Gasteiger partial charge in [0.1, 0.15) is 11.6 Å². The maximum atomic E-state index is 12.7. The molecule has 2 aromatic rings. The van der Waals surface area contributed by atoms with Crippen LogP contribution in [0.15, 0.2) is 18.5 Å². The van der Waals surface area contributed by atoms with Gasteiger partial charge in [0.25, 0.3) is 0 Å². The van der Waals surface area contributed by atoms with Crippen LogP contribution in [-0.4, -0.2) is 31.7 Å². The van der Waals surface area contributed by atoms with Gasteiger partial charge in [0, 0.05) is 18.5 Å². The van der Waals surface area contributed by atoms with Crippen molar-refractivity contribution in [3.05, 3.63) is 24.2 Å². The summed E-state index contributed by atoms with van der Waals surface area (Å²) in [7, 11) is 0. The minimum atomic E-state index is -4.58. The predicted octanol–water partition coefficient (Wildman–Crippen LogP) is 2.27. The molecule has 0 bridgehead atoms. The molecule has 2 N–H and O–H groups in total. The second kappa shape index (κ2) is 5.23. The van der Waals surface area contributed by atoms with Gasteiger partial charge >= 0.3 is 12.1 Å². The molecule has 1 unspecified atom stereocenters. The highest BCUT2D eigenvalue weighted by atomic mass is 19.4. The van der Waals surface area contributed by atoms with Crippen molar-refractivity contribution < 1.29 is 23.1 Å². The minimum Gasteiger partial charge on any atom is -0.480 e. The number of hydrogen-bond acceptors (Lipinski definition) is 4. The number of fused-ring (bicyclic) bond motifs is 1. The largest absolute Gasteiger partial charge is 0.480 e. The molecule has 0 saturated carbocycles. The Kier molecular flexibility index (Phi) is 3.75. The monoisotopic (exact) mass is 302 g/mol. The maximum Gasteiger partial charge on any atom is 0.435 e. The molecule has 6 nitrogen and oxygen atoms in total. The Balaban J connectivity index is 2.45. The molecule has 0 fully saturated rings. The highest BCUT2D eigenvalue weighted by Gasteiger charge is 2.34. The minimum absolute atomic E-state index is 0.0431. The third-order valence-corrected chi connectivity index (χ3v) is 2.91. The standard InChI is InChI=1S/C12H13F3N4O2/c1-6(2)9(11(20)21)17-10-7-5-8(12(13,14)15)18-19(7)4-3-16-10/h3-6,9H,1-2H3,(H,16,17)(H,20,21). The van der Waals surface area contributed by atoms with Crippen molar-refractivity contribution in [2.75, 3.05) is 5.32 Å². The number of carboxylic acid groups (broad SMARTS) is 1. The topological polar surface area (TPSA) is 79.5 Å². The molecule has 2 heterocycles. The van der Waals surface area contributed by atoms with Gasteiger partial charge in [-0.25, -0.2) is 14.3 Å². The second-order valence-electron chi connectivity index (χ2n) is 4.84. The van der Waals surface area contributed by atoms with E-state index in [1.54, 1.807) is 13.8 Å². The molecule has 21 heavy (non-hydrogen) atoms. The first-order chi connectivity index (χ1) is 9.70. The Hall–Kier alpha value is -2.32. The molecule has 0 saturated heterocycles. The van der Waals surface area contributed by atoms with Crippen LogP contribution in [0.5, 0.6) is 0 Å². The van der Waals surface area contributed by atoms with Gasteiger partial charge in [0.2, 0.25) is 0 Å². The Bertz CT molecular complexity index is 666. The lowest BCUT2D eigenvalue weighted by Gasteiger charge is -2.18. The van der Waals surface area contributed by atoms with E-state index in [1.165, 1.54) is 12.4 Å². The Labute approximate surface area is 117 Å². The number of aliphatic carboxylic acids is 1. The van der Waals surface area contributed by atoms with Crippen molar-refractivity contribution in [2.24, 2.45) is 5.92 Å². The zero-order valence-corrected chi connectivity index (χ0v) is 11.2. The Morgan fingerprint density at radius 2 is 2.10 bits per heavy atom. The van der Waals surface area contributed by atoms with Crippen LogP contribution in [-0.2, 0) is 11.0 Å². The van der Waals surface area contributed by atoms with Crippen LogP contribution in [0.4, 0.5) is 19.0 Å². The van der Waals surface area contributed by atoms with Gasteiger partial charge in [0.15, 0.2) is 11.5 Å². The predicted molar refractivity (Wildman–Crippen MR) is 67.9 cm³/mol. The lowest BCUT2D eigenvalue weighted by atomic mass is 10.1. The third kappa shape index (κ3) is 3.06. The summed E-state index contributed by atoms with van der Waals surface area (Å²) < 4.78 is 39.0. The lowest BCUT2D eigenvalue weighted by molar-refractivity contribution is -0.141.